The van der Waals surface area contributed by atoms with Gasteiger partial charge in [0, 0.05) is 28.5 Å². The van der Waals surface area contributed by atoms with Crippen molar-refractivity contribution in [3.05, 3.63) is 81.9 Å². The molecule has 2 aromatic heterocycles. The van der Waals surface area contributed by atoms with E-state index in [1.807, 2.05) is 12.1 Å². The molecule has 0 fully saturated rings. The molecule has 39 heavy (non-hydrogen) atoms. The number of anilines is 3. The third kappa shape index (κ3) is 6.69. The summed E-state index contributed by atoms with van der Waals surface area (Å²) in [6.07, 6.45) is 0.161. The van der Waals surface area contributed by atoms with Crippen molar-refractivity contribution in [2.75, 3.05) is 17.7 Å². The second-order valence-electron chi connectivity index (χ2n) is 8.41. The van der Waals surface area contributed by atoms with E-state index >= 15 is 0 Å². The van der Waals surface area contributed by atoms with Crippen molar-refractivity contribution < 1.29 is 19.0 Å². The van der Waals surface area contributed by atoms with Crippen molar-refractivity contribution >= 4 is 39.7 Å². The first kappa shape index (κ1) is 28.0. The van der Waals surface area contributed by atoms with Crippen molar-refractivity contribution in [1.29, 1.82) is 10.5 Å². The number of hydrogen-bond donors (Lipinski definition) is 4. The van der Waals surface area contributed by atoms with Crippen LogP contribution < -0.4 is 11.1 Å². The summed E-state index contributed by atoms with van der Waals surface area (Å²) in [5.74, 6) is -1.56. The van der Waals surface area contributed by atoms with E-state index in [0.29, 0.717) is 51.3 Å². The molecule has 0 aliphatic carbocycles. The summed E-state index contributed by atoms with van der Waals surface area (Å²) in [6, 6.07) is 14.9. The number of thioether (sulfide) groups is 1. The number of hydrogen-bond acceptors (Lipinski definition) is 10. The largest absolute Gasteiger partial charge is 0.394 e. The lowest BCUT2D eigenvalue weighted by Crippen LogP contribution is -2.12. The number of thiazole rings is 1. The third-order valence-electron chi connectivity index (χ3n) is 5.71. The van der Waals surface area contributed by atoms with E-state index in [9.17, 15) is 24.4 Å². The average Bonchev–Trinajstić information content (AvgIpc) is 3.39. The lowest BCUT2D eigenvalue weighted by molar-refractivity contribution is 0.0886. The van der Waals surface area contributed by atoms with E-state index in [2.05, 4.69) is 27.4 Å². The van der Waals surface area contributed by atoms with Crippen molar-refractivity contribution in [3.8, 4) is 23.3 Å². The van der Waals surface area contributed by atoms with E-state index < -0.39 is 17.7 Å². The Bertz CT molecular complexity index is 1560. The number of nitrogens with two attached hydrogens (primary N) is 1. The van der Waals surface area contributed by atoms with Gasteiger partial charge in [0.1, 0.15) is 28.5 Å². The molecule has 2 aromatic carbocycles. The monoisotopic (exact) mass is 564 g/mol. The standard InChI is InChI=1S/C27H22F2N6O2S2/c28-22-8-6-17(9-23(22)29)33-27-34-18(14-39-27)13-38-26-21(11-31)24(20(10-30)25(32)35-26)16-4-1-15(2-5-16)3-7-19(37)12-36/h1-2,4-6,8-9,14,19,36-37H,3,7,12-13H2,(H2,32,35)(H,33,34)/t19-/m1/s1. The number of nitrogen functional groups attached to an aromatic ring is 1. The topological polar surface area (TPSA) is 152 Å². The van der Waals surface area contributed by atoms with Crippen LogP contribution in [0.3, 0.4) is 0 Å². The predicted molar refractivity (Wildman–Crippen MR) is 146 cm³/mol. The van der Waals surface area contributed by atoms with Crippen LogP contribution in [0.2, 0.25) is 0 Å². The summed E-state index contributed by atoms with van der Waals surface area (Å²) in [6.45, 7) is -0.307. The van der Waals surface area contributed by atoms with Gasteiger partial charge in [-0.05, 0) is 36.1 Å². The highest BCUT2D eigenvalue weighted by Crippen LogP contribution is 2.37. The highest BCUT2D eigenvalue weighted by Gasteiger charge is 2.21. The minimum absolute atomic E-state index is 0.00288. The highest BCUT2D eigenvalue weighted by molar-refractivity contribution is 7.98. The zero-order chi connectivity index (χ0) is 27.9. The maximum absolute atomic E-state index is 13.5. The maximum Gasteiger partial charge on any atom is 0.187 e. The Labute approximate surface area is 231 Å². The summed E-state index contributed by atoms with van der Waals surface area (Å²) in [7, 11) is 0. The van der Waals surface area contributed by atoms with E-state index in [4.69, 9.17) is 10.8 Å². The first-order valence-corrected chi connectivity index (χ1v) is 13.5. The van der Waals surface area contributed by atoms with Crippen LogP contribution in [0.1, 0.15) is 28.8 Å². The van der Waals surface area contributed by atoms with Gasteiger partial charge in [-0.25, -0.2) is 18.7 Å². The molecule has 198 valence electrons. The first-order valence-electron chi connectivity index (χ1n) is 11.6. The fraction of sp³-hybridized carbons (Fsp3) is 0.185. The van der Waals surface area contributed by atoms with Gasteiger partial charge in [0.2, 0.25) is 0 Å². The quantitative estimate of drug-likeness (QED) is 0.192. The van der Waals surface area contributed by atoms with Gasteiger partial charge in [0.15, 0.2) is 16.8 Å². The van der Waals surface area contributed by atoms with Crippen LogP contribution in [0, 0.1) is 34.3 Å². The Morgan fingerprint density at radius 2 is 1.79 bits per heavy atom. The van der Waals surface area contributed by atoms with Gasteiger partial charge in [0.25, 0.3) is 0 Å². The Hall–Kier alpha value is -4.07. The normalized spacial score (nSPS) is 11.5. The number of benzene rings is 2. The second-order valence-corrected chi connectivity index (χ2v) is 10.2. The molecular weight excluding hydrogens is 542 g/mol. The Balaban J connectivity index is 1.55. The summed E-state index contributed by atoms with van der Waals surface area (Å²) in [5.41, 5.74) is 9.39. The number of nitrogens with one attached hydrogen (secondary N) is 1. The molecule has 0 saturated heterocycles. The number of nitriles is 2. The Kier molecular flexibility index (Phi) is 9.07. The Morgan fingerprint density at radius 1 is 1.05 bits per heavy atom. The van der Waals surface area contributed by atoms with Gasteiger partial charge in [-0.3, -0.25) is 0 Å². The molecule has 1 atom stereocenters. The van der Waals surface area contributed by atoms with Crippen molar-refractivity contribution in [2.45, 2.75) is 29.7 Å². The van der Waals surface area contributed by atoms with Crippen molar-refractivity contribution in [2.24, 2.45) is 0 Å². The van der Waals surface area contributed by atoms with Crippen LogP contribution in [0.15, 0.2) is 52.9 Å². The molecule has 4 rings (SSSR count). The van der Waals surface area contributed by atoms with Crippen LogP contribution in [-0.2, 0) is 12.2 Å². The molecule has 12 heteroatoms. The van der Waals surface area contributed by atoms with Gasteiger partial charge >= 0.3 is 0 Å². The fourth-order valence-corrected chi connectivity index (χ4v) is 5.45. The number of aryl methyl sites for hydroxylation is 1. The van der Waals surface area contributed by atoms with Crippen molar-refractivity contribution in [3.63, 3.8) is 0 Å². The molecule has 8 nitrogen and oxygen atoms in total. The van der Waals surface area contributed by atoms with Gasteiger partial charge in [-0.2, -0.15) is 10.5 Å². The van der Waals surface area contributed by atoms with Gasteiger partial charge < -0.3 is 21.3 Å². The van der Waals surface area contributed by atoms with Crippen LogP contribution in [0.5, 0.6) is 0 Å². The molecule has 0 saturated carbocycles. The fourth-order valence-electron chi connectivity index (χ4n) is 3.72. The summed E-state index contributed by atoms with van der Waals surface area (Å²) < 4.78 is 26.7. The summed E-state index contributed by atoms with van der Waals surface area (Å²) in [4.78, 5) is 8.76. The third-order valence-corrected chi connectivity index (χ3v) is 7.53. The molecule has 0 unspecified atom stereocenters. The SMILES string of the molecule is N#Cc1c(N)nc(SCc2csc(Nc3ccc(F)c(F)c3)n2)c(C#N)c1-c1ccc(CC[C@@H](O)CO)cc1. The minimum atomic E-state index is -0.966. The minimum Gasteiger partial charge on any atom is -0.394 e. The van der Waals surface area contributed by atoms with E-state index in [1.54, 1.807) is 17.5 Å². The van der Waals surface area contributed by atoms with Gasteiger partial charge in [0.05, 0.1) is 24.0 Å². The molecule has 0 aliphatic rings. The van der Waals surface area contributed by atoms with Crippen LogP contribution in [0.25, 0.3) is 11.1 Å². The number of nitrogens with zero attached hydrogens (tertiary/aromatic N) is 4. The molecule has 0 spiro atoms. The molecular formula is C27H22F2N6O2S2. The zero-order valence-electron chi connectivity index (χ0n) is 20.4. The number of halogens is 2. The van der Waals surface area contributed by atoms with E-state index in [1.165, 1.54) is 29.2 Å². The molecule has 0 aliphatic heterocycles. The van der Waals surface area contributed by atoms with Crippen LogP contribution in [-0.4, -0.2) is 32.9 Å². The molecule has 0 amide bonds. The maximum atomic E-state index is 13.5. The highest BCUT2D eigenvalue weighted by atomic mass is 32.2. The number of aromatic nitrogens is 2. The van der Waals surface area contributed by atoms with Crippen LogP contribution >= 0.6 is 23.1 Å². The number of aliphatic hydroxyl groups is 2. The van der Waals surface area contributed by atoms with Gasteiger partial charge in [-0.15, -0.1) is 11.3 Å². The van der Waals surface area contributed by atoms with Gasteiger partial charge in [-0.1, -0.05) is 36.0 Å². The summed E-state index contributed by atoms with van der Waals surface area (Å²) >= 11 is 2.52. The van der Waals surface area contributed by atoms with E-state index in [-0.39, 0.29) is 23.6 Å². The first-order chi connectivity index (χ1) is 18.8. The molecule has 4 aromatic rings. The average molecular weight is 565 g/mol. The summed E-state index contributed by atoms with van der Waals surface area (Å²) in [5, 5.41) is 43.9. The lowest BCUT2D eigenvalue weighted by atomic mass is 9.95. The number of pyridine rings is 1. The molecule has 0 radical (unpaired) electrons. The van der Waals surface area contributed by atoms with E-state index in [0.717, 1.165) is 17.7 Å². The number of rotatable bonds is 10. The molecule has 2 heterocycles. The zero-order valence-corrected chi connectivity index (χ0v) is 22.0. The lowest BCUT2D eigenvalue weighted by Gasteiger charge is -2.13. The molecule has 5 N–H and O–H groups in total. The van der Waals surface area contributed by atoms with Crippen molar-refractivity contribution in [1.82, 2.24) is 9.97 Å². The molecule has 0 bridgehead atoms. The predicted octanol–water partition coefficient (Wildman–Crippen LogP) is 5.13. The smallest absolute Gasteiger partial charge is 0.187 e. The second kappa shape index (κ2) is 12.7. The van der Waals surface area contributed by atoms with Crippen LogP contribution in [0.4, 0.5) is 25.4 Å². The number of aliphatic hydroxyl groups excluding tert-OH is 2. The Morgan fingerprint density at radius 3 is 2.46 bits per heavy atom.